The summed E-state index contributed by atoms with van der Waals surface area (Å²) in [5.74, 6) is 0. The van der Waals surface area contributed by atoms with Crippen LogP contribution in [0.25, 0.3) is 11.3 Å². The van der Waals surface area contributed by atoms with Crippen molar-refractivity contribution in [1.29, 1.82) is 0 Å². The number of nitrogens with one attached hydrogen (secondary N) is 2. The Labute approximate surface area is 125 Å². The molecule has 2 aromatic carbocycles. The van der Waals surface area contributed by atoms with Gasteiger partial charge in [-0.15, -0.1) is 11.3 Å². The maximum atomic E-state index is 11.0. The number of rotatable bonds is 4. The van der Waals surface area contributed by atoms with E-state index in [0.717, 1.165) is 16.4 Å². The monoisotopic (exact) mass is 299 g/mol. The standard InChI is InChI=1S/C15H13N3O2S/c19-18(20)13-8-4-7-12(9-13)16-15-17-14(10-21-15)11-5-2-1-3-6-11/h1-10,18-19H,(H,16,17). The first kappa shape index (κ1) is 13.7. The number of anilines is 2. The molecule has 0 saturated heterocycles. The zero-order chi connectivity index (χ0) is 14.7. The fourth-order valence-electron chi connectivity index (χ4n) is 1.93. The number of thiazole rings is 1. The van der Waals surface area contributed by atoms with Crippen LogP contribution < -0.4 is 10.5 Å². The summed E-state index contributed by atoms with van der Waals surface area (Å²) in [5.41, 5.74) is 2.92. The minimum atomic E-state index is -0.942. The van der Waals surface area contributed by atoms with Crippen molar-refractivity contribution in [3.05, 3.63) is 65.2 Å². The molecule has 3 rings (SSSR count). The third-order valence-corrected chi connectivity index (χ3v) is 3.69. The molecule has 0 bridgehead atoms. The molecule has 1 aromatic heterocycles. The summed E-state index contributed by atoms with van der Waals surface area (Å²) in [7, 11) is 0. The van der Waals surface area contributed by atoms with Crippen LogP contribution >= 0.6 is 11.3 Å². The highest BCUT2D eigenvalue weighted by Gasteiger charge is 2.06. The van der Waals surface area contributed by atoms with Gasteiger partial charge in [-0.2, -0.15) is 5.23 Å². The van der Waals surface area contributed by atoms with Crippen LogP contribution in [0.15, 0.2) is 60.0 Å². The van der Waals surface area contributed by atoms with Crippen LogP contribution in [0.5, 0.6) is 0 Å². The van der Waals surface area contributed by atoms with E-state index in [9.17, 15) is 5.21 Å². The van der Waals surface area contributed by atoms with Crippen LogP contribution in [0.4, 0.5) is 16.5 Å². The Morgan fingerprint density at radius 1 is 1.10 bits per heavy atom. The summed E-state index contributed by atoms with van der Waals surface area (Å²) in [6.45, 7) is 0. The number of nitrogens with zero attached hydrogens (tertiary/aromatic N) is 1. The predicted octanol–water partition coefficient (Wildman–Crippen LogP) is 2.96. The first-order chi connectivity index (χ1) is 10.2. The molecule has 0 aliphatic heterocycles. The van der Waals surface area contributed by atoms with E-state index >= 15 is 0 Å². The average molecular weight is 299 g/mol. The van der Waals surface area contributed by atoms with E-state index < -0.39 is 5.23 Å². The first-order valence-electron chi connectivity index (χ1n) is 6.34. The summed E-state index contributed by atoms with van der Waals surface area (Å²) in [6.07, 6.45) is 0. The van der Waals surface area contributed by atoms with Gasteiger partial charge < -0.3 is 10.5 Å². The molecule has 0 radical (unpaired) electrons. The number of benzene rings is 2. The summed E-state index contributed by atoms with van der Waals surface area (Å²) in [6, 6.07) is 16.6. The van der Waals surface area contributed by atoms with Gasteiger partial charge in [0.15, 0.2) is 10.8 Å². The van der Waals surface area contributed by atoms with Crippen molar-refractivity contribution < 1.29 is 10.4 Å². The Balaban J connectivity index is 1.80. The topological polar surface area (TPSA) is 72.7 Å². The van der Waals surface area contributed by atoms with Gasteiger partial charge in [0.1, 0.15) is 0 Å². The molecule has 1 atom stereocenters. The van der Waals surface area contributed by atoms with Gasteiger partial charge >= 0.3 is 0 Å². The Hall–Kier alpha value is -2.25. The maximum absolute atomic E-state index is 11.0. The molecule has 21 heavy (non-hydrogen) atoms. The van der Waals surface area contributed by atoms with E-state index in [0.29, 0.717) is 5.69 Å². The lowest BCUT2D eigenvalue weighted by Gasteiger charge is -2.12. The Morgan fingerprint density at radius 3 is 2.67 bits per heavy atom. The van der Waals surface area contributed by atoms with Gasteiger partial charge in [0.25, 0.3) is 0 Å². The second-order valence-electron chi connectivity index (χ2n) is 4.41. The maximum Gasteiger partial charge on any atom is 0.187 e. The minimum Gasteiger partial charge on any atom is -0.595 e. The SMILES string of the molecule is [O-][NH+](O)c1cccc(Nc2nc(-c3ccccc3)cs2)c1. The summed E-state index contributed by atoms with van der Waals surface area (Å²) >= 11 is 1.48. The van der Waals surface area contributed by atoms with Crippen molar-refractivity contribution >= 4 is 27.8 Å². The van der Waals surface area contributed by atoms with E-state index in [-0.39, 0.29) is 5.69 Å². The van der Waals surface area contributed by atoms with E-state index in [1.807, 2.05) is 41.8 Å². The number of hydrogen-bond donors (Lipinski definition) is 3. The van der Waals surface area contributed by atoms with Gasteiger partial charge in [-0.05, 0) is 6.07 Å². The van der Waals surface area contributed by atoms with Crippen LogP contribution in [-0.2, 0) is 0 Å². The molecule has 0 aliphatic carbocycles. The molecule has 3 N–H and O–H groups in total. The lowest BCUT2D eigenvalue weighted by molar-refractivity contribution is -0.991. The second-order valence-corrected chi connectivity index (χ2v) is 5.27. The highest BCUT2D eigenvalue weighted by molar-refractivity contribution is 7.14. The Kier molecular flexibility index (Phi) is 3.94. The first-order valence-corrected chi connectivity index (χ1v) is 7.22. The fraction of sp³-hybridized carbons (Fsp3) is 0. The molecule has 6 heteroatoms. The lowest BCUT2D eigenvalue weighted by Crippen LogP contribution is -2.99. The molecular weight excluding hydrogens is 286 g/mol. The largest absolute Gasteiger partial charge is 0.595 e. The van der Waals surface area contributed by atoms with Crippen LogP contribution in [0.3, 0.4) is 0 Å². The molecule has 1 heterocycles. The summed E-state index contributed by atoms with van der Waals surface area (Å²) < 4.78 is 0. The molecule has 5 nitrogen and oxygen atoms in total. The van der Waals surface area contributed by atoms with Gasteiger partial charge in [0.05, 0.1) is 5.69 Å². The van der Waals surface area contributed by atoms with Crippen molar-refractivity contribution in [3.63, 3.8) is 0 Å². The third-order valence-electron chi connectivity index (χ3n) is 2.93. The zero-order valence-corrected chi connectivity index (χ0v) is 11.8. The quantitative estimate of drug-likeness (QED) is 0.648. The Morgan fingerprint density at radius 2 is 1.90 bits per heavy atom. The molecule has 0 amide bonds. The van der Waals surface area contributed by atoms with Gasteiger partial charge in [-0.1, -0.05) is 36.4 Å². The molecule has 0 spiro atoms. The third kappa shape index (κ3) is 3.26. The number of quaternary nitrogens is 1. The summed E-state index contributed by atoms with van der Waals surface area (Å²) in [4.78, 5) is 4.51. The second kappa shape index (κ2) is 6.02. The van der Waals surface area contributed by atoms with E-state index in [1.54, 1.807) is 18.2 Å². The van der Waals surface area contributed by atoms with Crippen LogP contribution in [0, 0.1) is 5.21 Å². The van der Waals surface area contributed by atoms with Crippen molar-refractivity contribution in [2.45, 2.75) is 0 Å². The smallest absolute Gasteiger partial charge is 0.187 e. The van der Waals surface area contributed by atoms with E-state index in [2.05, 4.69) is 10.3 Å². The molecule has 1 unspecified atom stereocenters. The van der Waals surface area contributed by atoms with Gasteiger partial charge in [-0.25, -0.2) is 10.2 Å². The Bertz CT molecular complexity index is 729. The van der Waals surface area contributed by atoms with Crippen LogP contribution in [0.1, 0.15) is 0 Å². The van der Waals surface area contributed by atoms with Crippen molar-refractivity contribution in [1.82, 2.24) is 4.98 Å². The number of hydrogen-bond acceptors (Lipinski definition) is 5. The van der Waals surface area contributed by atoms with Crippen molar-refractivity contribution in [2.75, 3.05) is 5.32 Å². The number of aromatic nitrogens is 1. The van der Waals surface area contributed by atoms with Crippen molar-refractivity contribution in [2.24, 2.45) is 0 Å². The van der Waals surface area contributed by atoms with E-state index in [4.69, 9.17) is 5.21 Å². The summed E-state index contributed by atoms with van der Waals surface area (Å²) in [5, 5.41) is 24.8. The molecular formula is C15H13N3O2S. The molecule has 106 valence electrons. The molecule has 0 aliphatic rings. The highest BCUT2D eigenvalue weighted by Crippen LogP contribution is 2.27. The van der Waals surface area contributed by atoms with Gasteiger partial charge in [0, 0.05) is 28.8 Å². The van der Waals surface area contributed by atoms with Crippen LogP contribution in [-0.4, -0.2) is 10.2 Å². The van der Waals surface area contributed by atoms with E-state index in [1.165, 1.54) is 11.3 Å². The normalized spacial score (nSPS) is 12.1. The molecule has 0 fully saturated rings. The predicted molar refractivity (Wildman–Crippen MR) is 83.1 cm³/mol. The van der Waals surface area contributed by atoms with Gasteiger partial charge in [-0.3, -0.25) is 0 Å². The average Bonchev–Trinajstić information content (AvgIpc) is 2.97. The zero-order valence-electron chi connectivity index (χ0n) is 11.0. The van der Waals surface area contributed by atoms with Crippen molar-refractivity contribution in [3.8, 4) is 11.3 Å². The molecule has 0 saturated carbocycles. The van der Waals surface area contributed by atoms with Gasteiger partial charge in [0.2, 0.25) is 0 Å². The highest BCUT2D eigenvalue weighted by atomic mass is 32.1. The lowest BCUT2D eigenvalue weighted by atomic mass is 10.2. The molecule has 3 aromatic rings. The fourth-order valence-corrected chi connectivity index (χ4v) is 2.67. The van der Waals surface area contributed by atoms with Crippen LogP contribution in [0.2, 0.25) is 0 Å². The minimum absolute atomic E-state index is 0.250.